The van der Waals surface area contributed by atoms with Crippen LogP contribution in [0.3, 0.4) is 0 Å². The number of hydrogen-bond donors (Lipinski definition) is 2. The van der Waals surface area contributed by atoms with Crippen LogP contribution in [0.15, 0.2) is 54.6 Å². The van der Waals surface area contributed by atoms with Gasteiger partial charge in [0.2, 0.25) is 0 Å². The molecule has 2 N–H and O–H groups in total. The molecule has 150 valence electrons. The van der Waals surface area contributed by atoms with Gasteiger partial charge >= 0.3 is 0 Å². The predicted molar refractivity (Wildman–Crippen MR) is 110 cm³/mol. The Balaban J connectivity index is 1.65. The van der Waals surface area contributed by atoms with E-state index in [1.165, 1.54) is 0 Å². The standard InChI is InChI=1S/C21H21ClN4O3/c1-3-29-17-11-9-16(10-12-17)20(27)23-24-21(28)18-14(2)25-26(19(18)22)13-15-7-5-4-6-8-15/h4-12H,3,13H2,1-2H3,(H,23,27)(H,24,28). The molecule has 3 rings (SSSR count). The van der Waals surface area contributed by atoms with E-state index in [-0.39, 0.29) is 10.7 Å². The first-order valence-electron chi connectivity index (χ1n) is 9.10. The van der Waals surface area contributed by atoms with Crippen molar-refractivity contribution in [1.29, 1.82) is 0 Å². The van der Waals surface area contributed by atoms with E-state index in [0.717, 1.165) is 5.56 Å². The van der Waals surface area contributed by atoms with Crippen LogP contribution in [0.25, 0.3) is 0 Å². The second-order valence-electron chi connectivity index (χ2n) is 6.26. The van der Waals surface area contributed by atoms with Gasteiger partial charge in [-0.2, -0.15) is 5.10 Å². The van der Waals surface area contributed by atoms with Crippen LogP contribution in [-0.4, -0.2) is 28.2 Å². The van der Waals surface area contributed by atoms with Crippen LogP contribution in [0.1, 0.15) is 38.9 Å². The highest BCUT2D eigenvalue weighted by Crippen LogP contribution is 2.20. The number of halogens is 1. The van der Waals surface area contributed by atoms with Gasteiger partial charge < -0.3 is 4.74 Å². The Bertz CT molecular complexity index is 1000. The number of hydrazine groups is 1. The molecule has 2 amide bonds. The van der Waals surface area contributed by atoms with Gasteiger partial charge in [-0.05, 0) is 43.7 Å². The topological polar surface area (TPSA) is 85.2 Å². The zero-order valence-electron chi connectivity index (χ0n) is 16.1. The van der Waals surface area contributed by atoms with Crippen LogP contribution >= 0.6 is 11.6 Å². The predicted octanol–water partition coefficient (Wildman–Crippen LogP) is 3.37. The second kappa shape index (κ2) is 9.25. The van der Waals surface area contributed by atoms with Crippen molar-refractivity contribution >= 4 is 23.4 Å². The van der Waals surface area contributed by atoms with Gasteiger partial charge in [0.15, 0.2) is 0 Å². The van der Waals surface area contributed by atoms with Gasteiger partial charge in [0, 0.05) is 5.56 Å². The van der Waals surface area contributed by atoms with Crippen LogP contribution in [-0.2, 0) is 6.54 Å². The van der Waals surface area contributed by atoms with Crippen LogP contribution < -0.4 is 15.6 Å². The summed E-state index contributed by atoms with van der Waals surface area (Å²) in [4.78, 5) is 24.8. The Kier molecular flexibility index (Phi) is 6.51. The normalized spacial score (nSPS) is 10.4. The van der Waals surface area contributed by atoms with Crippen molar-refractivity contribution in [3.63, 3.8) is 0 Å². The van der Waals surface area contributed by atoms with E-state index in [1.54, 1.807) is 35.9 Å². The van der Waals surface area contributed by atoms with Crippen molar-refractivity contribution in [1.82, 2.24) is 20.6 Å². The lowest BCUT2D eigenvalue weighted by Gasteiger charge is -2.08. The van der Waals surface area contributed by atoms with E-state index < -0.39 is 11.8 Å². The largest absolute Gasteiger partial charge is 0.494 e. The molecule has 0 aliphatic rings. The summed E-state index contributed by atoms with van der Waals surface area (Å²) in [5, 5.41) is 4.54. The first kappa shape index (κ1) is 20.4. The molecule has 2 aromatic carbocycles. The van der Waals surface area contributed by atoms with Crippen molar-refractivity contribution in [3.8, 4) is 5.75 Å². The van der Waals surface area contributed by atoms with Crippen LogP contribution in [0.4, 0.5) is 0 Å². The Hall–Kier alpha value is -3.32. The number of nitrogens with one attached hydrogen (secondary N) is 2. The van der Waals surface area contributed by atoms with Gasteiger partial charge in [-0.1, -0.05) is 41.9 Å². The van der Waals surface area contributed by atoms with Gasteiger partial charge in [0.25, 0.3) is 11.8 Å². The number of rotatable bonds is 6. The van der Waals surface area contributed by atoms with Crippen LogP contribution in [0.5, 0.6) is 5.75 Å². The zero-order valence-corrected chi connectivity index (χ0v) is 16.9. The molecule has 0 unspecified atom stereocenters. The van der Waals surface area contributed by atoms with Gasteiger partial charge in [-0.25, -0.2) is 4.68 Å². The minimum atomic E-state index is -0.536. The molecule has 7 nitrogen and oxygen atoms in total. The molecule has 8 heteroatoms. The summed E-state index contributed by atoms with van der Waals surface area (Å²) in [7, 11) is 0. The van der Waals surface area contributed by atoms with E-state index in [1.807, 2.05) is 37.3 Å². The Morgan fingerprint density at radius 3 is 2.34 bits per heavy atom. The first-order chi connectivity index (χ1) is 14.0. The third-order valence-electron chi connectivity index (χ3n) is 4.18. The number of nitrogens with zero attached hydrogens (tertiary/aromatic N) is 2. The van der Waals surface area contributed by atoms with E-state index in [4.69, 9.17) is 16.3 Å². The molecule has 0 radical (unpaired) electrons. The maximum Gasteiger partial charge on any atom is 0.274 e. The Morgan fingerprint density at radius 1 is 1.03 bits per heavy atom. The molecule has 29 heavy (non-hydrogen) atoms. The molecule has 0 bridgehead atoms. The molecule has 0 saturated heterocycles. The Morgan fingerprint density at radius 2 is 1.69 bits per heavy atom. The van der Waals surface area contributed by atoms with Gasteiger partial charge in [0.05, 0.1) is 18.8 Å². The zero-order chi connectivity index (χ0) is 20.8. The molecule has 1 heterocycles. The third kappa shape index (κ3) is 4.94. The highest BCUT2D eigenvalue weighted by Gasteiger charge is 2.21. The maximum atomic E-state index is 12.5. The highest BCUT2D eigenvalue weighted by atomic mass is 35.5. The monoisotopic (exact) mass is 412 g/mol. The number of ether oxygens (including phenoxy) is 1. The molecule has 0 spiro atoms. The molecule has 1 aromatic heterocycles. The van der Waals surface area contributed by atoms with Gasteiger partial charge in [-0.15, -0.1) is 0 Å². The smallest absolute Gasteiger partial charge is 0.274 e. The van der Waals surface area contributed by atoms with E-state index in [9.17, 15) is 9.59 Å². The SMILES string of the molecule is CCOc1ccc(C(=O)NNC(=O)c2c(C)nn(Cc3ccccc3)c2Cl)cc1. The summed E-state index contributed by atoms with van der Waals surface area (Å²) < 4.78 is 6.89. The van der Waals surface area contributed by atoms with Gasteiger partial charge in [-0.3, -0.25) is 20.4 Å². The van der Waals surface area contributed by atoms with Crippen molar-refractivity contribution in [2.45, 2.75) is 20.4 Å². The molecule has 0 atom stereocenters. The van der Waals surface area contributed by atoms with E-state index in [0.29, 0.717) is 30.2 Å². The lowest BCUT2D eigenvalue weighted by atomic mass is 10.2. The van der Waals surface area contributed by atoms with E-state index in [2.05, 4.69) is 16.0 Å². The summed E-state index contributed by atoms with van der Waals surface area (Å²) in [6, 6.07) is 16.3. The van der Waals surface area contributed by atoms with Crippen molar-refractivity contribution < 1.29 is 14.3 Å². The molecule has 0 saturated carbocycles. The summed E-state index contributed by atoms with van der Waals surface area (Å²) in [5.41, 5.74) is 6.86. The van der Waals surface area contributed by atoms with Crippen LogP contribution in [0, 0.1) is 6.92 Å². The summed E-state index contributed by atoms with van der Waals surface area (Å²) in [6.07, 6.45) is 0. The number of hydrogen-bond acceptors (Lipinski definition) is 4. The minimum absolute atomic E-state index is 0.208. The summed E-state index contributed by atoms with van der Waals surface area (Å²) in [5.74, 6) is -0.320. The fraction of sp³-hybridized carbons (Fsp3) is 0.190. The van der Waals surface area contributed by atoms with Crippen molar-refractivity contribution in [2.75, 3.05) is 6.61 Å². The average Bonchev–Trinajstić information content (AvgIpc) is 3.00. The van der Waals surface area contributed by atoms with Crippen molar-refractivity contribution in [2.24, 2.45) is 0 Å². The van der Waals surface area contributed by atoms with E-state index >= 15 is 0 Å². The molecule has 0 aliphatic carbocycles. The summed E-state index contributed by atoms with van der Waals surface area (Å²) >= 11 is 6.37. The minimum Gasteiger partial charge on any atom is -0.494 e. The number of amides is 2. The first-order valence-corrected chi connectivity index (χ1v) is 9.47. The molecule has 0 fully saturated rings. The number of aryl methyl sites for hydroxylation is 1. The summed E-state index contributed by atoms with van der Waals surface area (Å²) in [6.45, 7) is 4.55. The number of benzene rings is 2. The van der Waals surface area contributed by atoms with Crippen LogP contribution in [0.2, 0.25) is 5.15 Å². The van der Waals surface area contributed by atoms with Crippen molar-refractivity contribution in [3.05, 3.63) is 82.1 Å². The second-order valence-corrected chi connectivity index (χ2v) is 6.62. The number of carbonyl (C=O) groups is 2. The highest BCUT2D eigenvalue weighted by molar-refractivity contribution is 6.33. The molecule has 3 aromatic rings. The number of aromatic nitrogens is 2. The van der Waals surface area contributed by atoms with Gasteiger partial charge in [0.1, 0.15) is 16.5 Å². The Labute approximate surface area is 173 Å². The fourth-order valence-electron chi connectivity index (χ4n) is 2.79. The molecular formula is C21H21ClN4O3. The average molecular weight is 413 g/mol. The third-order valence-corrected chi connectivity index (χ3v) is 4.57. The number of carbonyl (C=O) groups excluding carboxylic acids is 2. The lowest BCUT2D eigenvalue weighted by Crippen LogP contribution is -2.41. The quantitative estimate of drug-likeness (QED) is 0.608. The lowest BCUT2D eigenvalue weighted by molar-refractivity contribution is 0.0846. The molecule has 0 aliphatic heterocycles. The maximum absolute atomic E-state index is 12.5. The fourth-order valence-corrected chi connectivity index (χ4v) is 3.11. The molecular weight excluding hydrogens is 392 g/mol.